The maximum absolute atomic E-state index is 11.9. The van der Waals surface area contributed by atoms with E-state index in [9.17, 15) is 14.7 Å². The molecule has 0 heterocycles. The van der Waals surface area contributed by atoms with Gasteiger partial charge in [0.25, 0.3) is 0 Å². The van der Waals surface area contributed by atoms with Crippen LogP contribution in [0.5, 0.6) is 0 Å². The van der Waals surface area contributed by atoms with E-state index in [4.69, 9.17) is 9.47 Å². The van der Waals surface area contributed by atoms with E-state index in [1.54, 1.807) is 0 Å². The summed E-state index contributed by atoms with van der Waals surface area (Å²) in [4.78, 5) is 23.4. The molecular formula is C29H54O5. The number of aliphatic hydroxyl groups is 1. The lowest BCUT2D eigenvalue weighted by Crippen LogP contribution is -2.28. The van der Waals surface area contributed by atoms with E-state index in [1.165, 1.54) is 83.5 Å². The number of esters is 2. The van der Waals surface area contributed by atoms with Crippen molar-refractivity contribution in [3.05, 3.63) is 12.2 Å². The molecule has 0 aliphatic carbocycles. The Bertz CT molecular complexity index is 489. The van der Waals surface area contributed by atoms with Crippen LogP contribution in [0.1, 0.15) is 142 Å². The molecule has 0 aromatic carbocycles. The third kappa shape index (κ3) is 23.8. The van der Waals surface area contributed by atoms with Crippen LogP contribution in [-0.4, -0.2) is 36.4 Å². The summed E-state index contributed by atoms with van der Waals surface area (Å²) in [5.74, 6) is -0.636. The normalized spacial score (nSPS) is 12.2. The zero-order valence-corrected chi connectivity index (χ0v) is 22.4. The largest absolute Gasteiger partial charge is 0.462 e. The Kier molecular flexibility index (Phi) is 25.2. The average Bonchev–Trinajstić information content (AvgIpc) is 2.84. The molecule has 0 aliphatic rings. The van der Waals surface area contributed by atoms with Gasteiger partial charge in [-0.15, -0.1) is 0 Å². The van der Waals surface area contributed by atoms with Gasteiger partial charge in [0.2, 0.25) is 0 Å². The Morgan fingerprint density at radius 3 is 1.65 bits per heavy atom. The third-order valence-corrected chi connectivity index (χ3v) is 6.06. The molecule has 0 fully saturated rings. The highest BCUT2D eigenvalue weighted by molar-refractivity contribution is 5.70. The smallest absolute Gasteiger partial charge is 0.306 e. The van der Waals surface area contributed by atoms with E-state index in [2.05, 4.69) is 19.1 Å². The molecule has 0 aliphatic heterocycles. The molecule has 1 atom stereocenters. The van der Waals surface area contributed by atoms with Gasteiger partial charge in [-0.3, -0.25) is 9.59 Å². The van der Waals surface area contributed by atoms with Crippen molar-refractivity contribution in [1.29, 1.82) is 0 Å². The van der Waals surface area contributed by atoms with E-state index in [0.29, 0.717) is 12.8 Å². The van der Waals surface area contributed by atoms with E-state index in [1.807, 2.05) is 6.92 Å². The first-order valence-electron chi connectivity index (χ1n) is 14.2. The number of carbonyl (C=O) groups excluding carboxylic acids is 2. The van der Waals surface area contributed by atoms with Gasteiger partial charge in [-0.1, -0.05) is 103 Å². The Morgan fingerprint density at radius 2 is 1.12 bits per heavy atom. The minimum atomic E-state index is -0.761. The Balaban J connectivity index is 3.46. The molecule has 5 heteroatoms. The van der Waals surface area contributed by atoms with Crippen LogP contribution in [0.4, 0.5) is 0 Å². The molecule has 0 aromatic heterocycles. The summed E-state index contributed by atoms with van der Waals surface area (Å²) in [6.45, 7) is 3.87. The minimum Gasteiger partial charge on any atom is -0.462 e. The first-order valence-corrected chi connectivity index (χ1v) is 14.2. The highest BCUT2D eigenvalue weighted by Gasteiger charge is 2.15. The van der Waals surface area contributed by atoms with Crippen molar-refractivity contribution < 1.29 is 24.2 Å². The quantitative estimate of drug-likeness (QED) is 0.0815. The lowest BCUT2D eigenvalue weighted by atomic mass is 10.1. The number of hydrogen-bond donors (Lipinski definition) is 1. The lowest BCUT2D eigenvalue weighted by Gasteiger charge is -2.15. The summed E-state index contributed by atoms with van der Waals surface area (Å²) in [6.07, 6.45) is 26.4. The molecule has 34 heavy (non-hydrogen) atoms. The second kappa shape index (κ2) is 26.2. The zero-order valence-electron chi connectivity index (χ0n) is 22.4. The number of aliphatic hydroxyl groups excluding tert-OH is 1. The van der Waals surface area contributed by atoms with Gasteiger partial charge >= 0.3 is 11.9 Å². The molecule has 0 saturated heterocycles. The monoisotopic (exact) mass is 482 g/mol. The molecule has 0 radical (unpaired) electrons. The van der Waals surface area contributed by atoms with Crippen molar-refractivity contribution in [3.8, 4) is 0 Å². The van der Waals surface area contributed by atoms with Gasteiger partial charge < -0.3 is 14.6 Å². The molecule has 1 N–H and O–H groups in total. The van der Waals surface area contributed by atoms with Crippen LogP contribution in [0, 0.1) is 0 Å². The first kappa shape index (κ1) is 32.6. The fourth-order valence-corrected chi connectivity index (χ4v) is 3.82. The summed E-state index contributed by atoms with van der Waals surface area (Å²) < 4.78 is 10.3. The molecular weight excluding hydrogens is 428 g/mol. The van der Waals surface area contributed by atoms with Gasteiger partial charge in [-0.05, 0) is 38.5 Å². The highest BCUT2D eigenvalue weighted by atomic mass is 16.6. The summed E-state index contributed by atoms with van der Waals surface area (Å²) in [7, 11) is 0. The molecule has 0 spiro atoms. The predicted octanol–water partition coefficient (Wildman–Crippen LogP) is 7.83. The minimum absolute atomic E-state index is 0.0703. The molecule has 0 aromatic rings. The predicted molar refractivity (Wildman–Crippen MR) is 141 cm³/mol. The van der Waals surface area contributed by atoms with Crippen LogP contribution in [0.3, 0.4) is 0 Å². The zero-order chi connectivity index (χ0) is 25.1. The fraction of sp³-hybridized carbons (Fsp3) is 0.862. The number of rotatable bonds is 25. The van der Waals surface area contributed by atoms with Crippen LogP contribution in [-0.2, 0) is 19.1 Å². The van der Waals surface area contributed by atoms with Crippen molar-refractivity contribution in [1.82, 2.24) is 0 Å². The molecule has 0 saturated carbocycles. The fourth-order valence-electron chi connectivity index (χ4n) is 3.82. The Hall–Kier alpha value is -1.36. The molecule has 5 nitrogen and oxygen atoms in total. The number of ether oxygens (including phenoxy) is 2. The second-order valence-electron chi connectivity index (χ2n) is 9.48. The molecule has 200 valence electrons. The average molecular weight is 483 g/mol. The van der Waals surface area contributed by atoms with E-state index < -0.39 is 6.10 Å². The number of hydrogen-bond acceptors (Lipinski definition) is 5. The van der Waals surface area contributed by atoms with E-state index in [-0.39, 0.29) is 25.2 Å². The topological polar surface area (TPSA) is 72.8 Å². The number of carbonyl (C=O) groups is 2. The highest BCUT2D eigenvalue weighted by Crippen LogP contribution is 2.12. The Labute approximate surface area is 210 Å². The van der Waals surface area contributed by atoms with Gasteiger partial charge in [0, 0.05) is 12.8 Å². The lowest BCUT2D eigenvalue weighted by molar-refractivity contribution is -0.161. The summed E-state index contributed by atoms with van der Waals surface area (Å²) in [5, 5.41) is 9.32. The maximum atomic E-state index is 11.9. The molecule has 1 unspecified atom stereocenters. The van der Waals surface area contributed by atoms with Crippen molar-refractivity contribution in [2.75, 3.05) is 13.2 Å². The number of allylic oxidation sites excluding steroid dienone is 2. The Morgan fingerprint density at radius 1 is 0.647 bits per heavy atom. The van der Waals surface area contributed by atoms with Gasteiger partial charge in [0.1, 0.15) is 6.61 Å². The first-order chi connectivity index (χ1) is 16.6. The summed E-state index contributed by atoms with van der Waals surface area (Å²) in [6, 6.07) is 0. The van der Waals surface area contributed by atoms with E-state index in [0.717, 1.165) is 32.1 Å². The third-order valence-electron chi connectivity index (χ3n) is 6.06. The maximum Gasteiger partial charge on any atom is 0.306 e. The van der Waals surface area contributed by atoms with Crippen LogP contribution in [0.15, 0.2) is 12.2 Å². The SMILES string of the molecule is CCCCCCCCC/C=C\CCCCCCCCCC(=O)OC(CO)COC(=O)CCCC. The van der Waals surface area contributed by atoms with Crippen LogP contribution in [0.2, 0.25) is 0 Å². The molecule has 0 amide bonds. The standard InChI is InChI=1S/C29H54O5/c1-3-5-7-8-9-10-11-12-13-14-15-16-17-18-19-20-21-22-24-29(32)34-27(25-30)26-33-28(31)23-6-4-2/h13-14,27,30H,3-12,15-26H2,1-2H3/b14-13-. The van der Waals surface area contributed by atoms with Crippen LogP contribution < -0.4 is 0 Å². The van der Waals surface area contributed by atoms with Gasteiger partial charge in [-0.25, -0.2) is 0 Å². The second-order valence-corrected chi connectivity index (χ2v) is 9.48. The van der Waals surface area contributed by atoms with E-state index >= 15 is 0 Å². The summed E-state index contributed by atoms with van der Waals surface area (Å²) >= 11 is 0. The van der Waals surface area contributed by atoms with Crippen LogP contribution in [0.25, 0.3) is 0 Å². The van der Waals surface area contributed by atoms with Gasteiger partial charge in [0.15, 0.2) is 6.10 Å². The number of unbranched alkanes of at least 4 members (excludes halogenated alkanes) is 15. The van der Waals surface area contributed by atoms with Crippen molar-refractivity contribution in [2.45, 2.75) is 148 Å². The van der Waals surface area contributed by atoms with Crippen molar-refractivity contribution in [3.63, 3.8) is 0 Å². The van der Waals surface area contributed by atoms with Gasteiger partial charge in [0.05, 0.1) is 6.61 Å². The van der Waals surface area contributed by atoms with Crippen LogP contribution >= 0.6 is 0 Å². The molecule has 0 rings (SSSR count). The molecule has 0 bridgehead atoms. The van der Waals surface area contributed by atoms with Crippen molar-refractivity contribution in [2.24, 2.45) is 0 Å². The van der Waals surface area contributed by atoms with Crippen molar-refractivity contribution >= 4 is 11.9 Å². The van der Waals surface area contributed by atoms with Gasteiger partial charge in [-0.2, -0.15) is 0 Å². The summed E-state index contributed by atoms with van der Waals surface area (Å²) in [5.41, 5.74) is 0.